The molecule has 2 aliphatic heterocycles. The predicted octanol–water partition coefficient (Wildman–Crippen LogP) is 3.91. The lowest BCUT2D eigenvalue weighted by Gasteiger charge is -2.40. The lowest BCUT2D eigenvalue weighted by atomic mass is 10.0. The number of anilines is 1. The third-order valence-electron chi connectivity index (χ3n) is 6.40. The van der Waals surface area contributed by atoms with Gasteiger partial charge in [0.15, 0.2) is 11.5 Å². The number of unbranched alkanes of at least 4 members (excludes halogenated alkanes) is 4. The number of hydrogen-bond donors (Lipinski definition) is 1. The van der Waals surface area contributed by atoms with Crippen molar-refractivity contribution in [2.75, 3.05) is 32.2 Å². The van der Waals surface area contributed by atoms with Crippen LogP contribution >= 0.6 is 0 Å². The van der Waals surface area contributed by atoms with Gasteiger partial charge >= 0.3 is 0 Å². The zero-order chi connectivity index (χ0) is 24.2. The molecular formula is C26H31N3O5. The summed E-state index contributed by atoms with van der Waals surface area (Å²) in [5, 5.41) is 2.93. The summed E-state index contributed by atoms with van der Waals surface area (Å²) >= 11 is 0. The van der Waals surface area contributed by atoms with Crippen molar-refractivity contribution in [1.82, 2.24) is 10.2 Å². The fourth-order valence-electron chi connectivity index (χ4n) is 4.75. The number of para-hydroxylation sites is 1. The van der Waals surface area contributed by atoms with Crippen molar-refractivity contribution >= 4 is 23.4 Å². The van der Waals surface area contributed by atoms with E-state index >= 15 is 0 Å². The molecule has 8 nitrogen and oxygen atoms in total. The topological polar surface area (TPSA) is 88.2 Å². The number of benzene rings is 2. The first-order chi connectivity index (χ1) is 16.5. The van der Waals surface area contributed by atoms with Crippen molar-refractivity contribution in [3.05, 3.63) is 53.1 Å². The van der Waals surface area contributed by atoms with Gasteiger partial charge in [-0.3, -0.25) is 19.3 Å². The highest BCUT2D eigenvalue weighted by atomic mass is 16.5. The van der Waals surface area contributed by atoms with Gasteiger partial charge in [-0.25, -0.2) is 0 Å². The smallest absolute Gasteiger partial charge is 0.264 e. The van der Waals surface area contributed by atoms with Crippen LogP contribution in [0.2, 0.25) is 0 Å². The van der Waals surface area contributed by atoms with Gasteiger partial charge in [0.1, 0.15) is 12.7 Å². The largest absolute Gasteiger partial charge is 0.493 e. The second-order valence-corrected chi connectivity index (χ2v) is 8.53. The minimum atomic E-state index is -0.736. The van der Waals surface area contributed by atoms with Crippen molar-refractivity contribution in [3.8, 4) is 11.5 Å². The Hall–Kier alpha value is -3.55. The average molecular weight is 466 g/mol. The summed E-state index contributed by atoms with van der Waals surface area (Å²) in [4.78, 5) is 43.0. The van der Waals surface area contributed by atoms with Crippen LogP contribution in [0.15, 0.2) is 36.4 Å². The highest BCUT2D eigenvalue weighted by Gasteiger charge is 2.50. The van der Waals surface area contributed by atoms with Crippen LogP contribution in [0.3, 0.4) is 0 Å². The van der Waals surface area contributed by atoms with E-state index in [9.17, 15) is 14.4 Å². The van der Waals surface area contributed by atoms with Gasteiger partial charge in [-0.05, 0) is 24.6 Å². The number of methoxy groups -OCH3 is 2. The molecule has 0 saturated heterocycles. The molecule has 0 saturated carbocycles. The quantitative estimate of drug-likeness (QED) is 0.538. The number of carbonyl (C=O) groups is 3. The number of rotatable bonds is 10. The molecule has 0 radical (unpaired) electrons. The van der Waals surface area contributed by atoms with Crippen LogP contribution in [0, 0.1) is 0 Å². The zero-order valence-electron chi connectivity index (χ0n) is 19.9. The van der Waals surface area contributed by atoms with E-state index in [-0.39, 0.29) is 24.3 Å². The minimum Gasteiger partial charge on any atom is -0.493 e. The Morgan fingerprint density at radius 1 is 0.971 bits per heavy atom. The van der Waals surface area contributed by atoms with E-state index in [2.05, 4.69) is 12.2 Å². The Balaban J connectivity index is 1.64. The second kappa shape index (κ2) is 10.2. The molecule has 0 bridgehead atoms. The van der Waals surface area contributed by atoms with E-state index in [4.69, 9.17) is 9.47 Å². The Kier molecular flexibility index (Phi) is 7.05. The fraction of sp³-hybridized carbons (Fsp3) is 0.423. The van der Waals surface area contributed by atoms with Crippen molar-refractivity contribution in [3.63, 3.8) is 0 Å². The maximum atomic E-state index is 13.6. The Labute approximate surface area is 199 Å². The molecule has 3 amide bonds. The van der Waals surface area contributed by atoms with Crippen LogP contribution in [-0.4, -0.2) is 49.9 Å². The van der Waals surface area contributed by atoms with Crippen LogP contribution in [0.5, 0.6) is 11.5 Å². The van der Waals surface area contributed by atoms with Crippen LogP contribution in [0.1, 0.15) is 71.5 Å². The molecule has 2 aromatic carbocycles. The molecule has 2 heterocycles. The molecule has 2 aromatic rings. The first-order valence-electron chi connectivity index (χ1n) is 11.8. The molecule has 2 aliphatic rings. The molecule has 8 heteroatoms. The maximum absolute atomic E-state index is 13.6. The first-order valence-corrected chi connectivity index (χ1v) is 11.8. The molecule has 0 fully saturated rings. The second-order valence-electron chi connectivity index (χ2n) is 8.53. The summed E-state index contributed by atoms with van der Waals surface area (Å²) in [6.45, 7) is 2.58. The van der Waals surface area contributed by atoms with Gasteiger partial charge in [-0.15, -0.1) is 0 Å². The zero-order valence-corrected chi connectivity index (χ0v) is 19.9. The third kappa shape index (κ3) is 4.08. The molecule has 0 spiro atoms. The number of ether oxygens (including phenoxy) is 2. The Morgan fingerprint density at radius 2 is 1.74 bits per heavy atom. The van der Waals surface area contributed by atoms with Gasteiger partial charge in [0.05, 0.1) is 31.0 Å². The van der Waals surface area contributed by atoms with E-state index in [0.717, 1.165) is 19.3 Å². The minimum absolute atomic E-state index is 0.148. The number of hydrogen-bond acceptors (Lipinski definition) is 5. The van der Waals surface area contributed by atoms with E-state index in [1.807, 2.05) is 0 Å². The van der Waals surface area contributed by atoms with Crippen LogP contribution < -0.4 is 19.7 Å². The molecule has 180 valence electrons. The molecule has 4 rings (SSSR count). The summed E-state index contributed by atoms with van der Waals surface area (Å²) < 4.78 is 10.9. The highest BCUT2D eigenvalue weighted by Crippen LogP contribution is 2.49. The van der Waals surface area contributed by atoms with Crippen LogP contribution in [-0.2, 0) is 4.79 Å². The normalized spacial score (nSPS) is 16.1. The number of amides is 3. The third-order valence-corrected chi connectivity index (χ3v) is 6.40. The van der Waals surface area contributed by atoms with Gasteiger partial charge in [0.2, 0.25) is 5.91 Å². The van der Waals surface area contributed by atoms with Crippen molar-refractivity contribution in [2.45, 2.75) is 45.2 Å². The van der Waals surface area contributed by atoms with E-state index in [1.165, 1.54) is 32.0 Å². The van der Waals surface area contributed by atoms with Gasteiger partial charge in [0.25, 0.3) is 11.8 Å². The Morgan fingerprint density at radius 3 is 2.47 bits per heavy atom. The lowest BCUT2D eigenvalue weighted by Crippen LogP contribution is -2.51. The summed E-state index contributed by atoms with van der Waals surface area (Å²) in [6, 6.07) is 10.5. The van der Waals surface area contributed by atoms with Gasteiger partial charge in [-0.1, -0.05) is 50.8 Å². The monoisotopic (exact) mass is 465 g/mol. The van der Waals surface area contributed by atoms with E-state index in [0.29, 0.717) is 40.4 Å². The maximum Gasteiger partial charge on any atom is 0.264 e. The number of fused-ring (bicyclic) bond motifs is 5. The molecule has 0 aliphatic carbocycles. The van der Waals surface area contributed by atoms with Crippen LogP contribution in [0.4, 0.5) is 5.69 Å². The van der Waals surface area contributed by atoms with E-state index < -0.39 is 6.17 Å². The fourth-order valence-corrected chi connectivity index (χ4v) is 4.75. The summed E-state index contributed by atoms with van der Waals surface area (Å²) in [5.74, 6) is -0.0748. The standard InChI is InChI=1S/C26H31N3O5/c1-4-5-6-7-10-15-27-21(30)16-28-24-18-13-14-20(33-2)23(34-3)22(18)26(32)29(24)19-12-9-8-11-17(19)25(28)31/h8-9,11-14,24H,4-7,10,15-16H2,1-3H3,(H,27,30)/t24-/m1/s1. The SMILES string of the molecule is CCCCCCCNC(=O)CN1C(=O)c2ccccc2N2C(=O)c3c(ccc(OC)c3OC)[C@H]12. The first kappa shape index (κ1) is 23.6. The van der Waals surface area contributed by atoms with E-state index in [1.54, 1.807) is 41.3 Å². The molecule has 0 aromatic heterocycles. The average Bonchev–Trinajstić information content (AvgIpc) is 3.15. The molecule has 1 N–H and O–H groups in total. The predicted molar refractivity (Wildman–Crippen MR) is 128 cm³/mol. The van der Waals surface area contributed by atoms with Crippen molar-refractivity contribution in [2.24, 2.45) is 0 Å². The molecule has 0 unspecified atom stereocenters. The molecule has 34 heavy (non-hydrogen) atoms. The molecular weight excluding hydrogens is 434 g/mol. The van der Waals surface area contributed by atoms with Crippen LogP contribution in [0.25, 0.3) is 0 Å². The summed E-state index contributed by atoms with van der Waals surface area (Å²) in [6.07, 6.45) is 4.73. The van der Waals surface area contributed by atoms with Gasteiger partial charge in [-0.2, -0.15) is 0 Å². The Bertz CT molecular complexity index is 1100. The van der Waals surface area contributed by atoms with Gasteiger partial charge in [0, 0.05) is 12.1 Å². The number of nitrogens with one attached hydrogen (secondary N) is 1. The summed E-state index contributed by atoms with van der Waals surface area (Å²) in [7, 11) is 2.99. The van der Waals surface area contributed by atoms with Crippen molar-refractivity contribution in [1.29, 1.82) is 0 Å². The highest BCUT2D eigenvalue weighted by molar-refractivity contribution is 6.18. The number of carbonyl (C=O) groups excluding carboxylic acids is 3. The lowest BCUT2D eigenvalue weighted by molar-refractivity contribution is -0.122. The van der Waals surface area contributed by atoms with Crippen molar-refractivity contribution < 1.29 is 23.9 Å². The molecule has 1 atom stereocenters. The number of nitrogens with zero attached hydrogens (tertiary/aromatic N) is 2. The van der Waals surface area contributed by atoms with Gasteiger partial charge < -0.3 is 19.7 Å². The summed E-state index contributed by atoms with van der Waals surface area (Å²) in [5.41, 5.74) is 1.86.